The third kappa shape index (κ3) is 2.99. The van der Waals surface area contributed by atoms with Crippen molar-refractivity contribution >= 4 is 23.2 Å². The minimum absolute atomic E-state index is 0.0636. The molecule has 0 radical (unpaired) electrons. The monoisotopic (exact) mass is 377 g/mol. The Morgan fingerprint density at radius 3 is 2.39 bits per heavy atom. The van der Waals surface area contributed by atoms with Gasteiger partial charge in [0.25, 0.3) is 0 Å². The summed E-state index contributed by atoms with van der Waals surface area (Å²) in [5.74, 6) is -0.314. The Kier molecular flexibility index (Phi) is 4.49. The number of nitrogen functional groups attached to an aromatic ring is 1. The molecular weight excluding hydrogens is 350 g/mol. The van der Waals surface area contributed by atoms with Crippen molar-refractivity contribution < 1.29 is 4.79 Å². The van der Waals surface area contributed by atoms with Crippen molar-refractivity contribution in [3.63, 3.8) is 0 Å². The molecular formula is C22H27N5O. The number of anilines is 2. The molecule has 6 heteroatoms. The molecule has 146 valence electrons. The summed E-state index contributed by atoms with van der Waals surface area (Å²) in [6, 6.07) is 15.9. The average Bonchev–Trinajstić information content (AvgIpc) is 3.22. The van der Waals surface area contributed by atoms with Gasteiger partial charge in [-0.25, -0.2) is 4.99 Å². The molecule has 0 spiro atoms. The molecule has 4 rings (SSSR count). The Hall–Kier alpha value is -3.02. The third-order valence-corrected chi connectivity index (χ3v) is 6.00. The summed E-state index contributed by atoms with van der Waals surface area (Å²) in [6.07, 6.45) is 2.46. The SMILES string of the molecule is CN1C(=O)[C@H](c2ccc(N3CCCC3)cc2)[C@@](C)(c2cccc(N)c2)N=C1N. The van der Waals surface area contributed by atoms with E-state index in [1.807, 2.05) is 43.3 Å². The minimum Gasteiger partial charge on any atom is -0.399 e. The van der Waals surface area contributed by atoms with Gasteiger partial charge in [0.15, 0.2) is 5.96 Å². The fourth-order valence-corrected chi connectivity index (χ4v) is 4.33. The first-order valence-electron chi connectivity index (χ1n) is 9.74. The molecule has 2 atom stereocenters. The first-order chi connectivity index (χ1) is 13.4. The van der Waals surface area contributed by atoms with E-state index >= 15 is 0 Å². The van der Waals surface area contributed by atoms with Crippen molar-refractivity contribution in [3.8, 4) is 0 Å². The summed E-state index contributed by atoms with van der Waals surface area (Å²) >= 11 is 0. The number of aliphatic imine (C=N–C) groups is 1. The molecule has 6 nitrogen and oxygen atoms in total. The van der Waals surface area contributed by atoms with Crippen LogP contribution in [0.5, 0.6) is 0 Å². The van der Waals surface area contributed by atoms with Crippen LogP contribution in [0.3, 0.4) is 0 Å². The summed E-state index contributed by atoms with van der Waals surface area (Å²) in [5, 5.41) is 0. The summed E-state index contributed by atoms with van der Waals surface area (Å²) < 4.78 is 0. The maximum Gasteiger partial charge on any atom is 0.239 e. The van der Waals surface area contributed by atoms with E-state index in [9.17, 15) is 4.79 Å². The number of carbonyl (C=O) groups is 1. The van der Waals surface area contributed by atoms with Crippen molar-refractivity contribution in [1.29, 1.82) is 0 Å². The second-order valence-corrected chi connectivity index (χ2v) is 7.86. The summed E-state index contributed by atoms with van der Waals surface area (Å²) in [5.41, 5.74) is 14.9. The fourth-order valence-electron chi connectivity index (χ4n) is 4.33. The van der Waals surface area contributed by atoms with E-state index in [4.69, 9.17) is 16.5 Å². The van der Waals surface area contributed by atoms with E-state index in [2.05, 4.69) is 17.0 Å². The topological polar surface area (TPSA) is 88.0 Å². The Bertz CT molecular complexity index is 917. The lowest BCUT2D eigenvalue weighted by molar-refractivity contribution is -0.130. The highest BCUT2D eigenvalue weighted by Crippen LogP contribution is 2.44. The van der Waals surface area contributed by atoms with Gasteiger partial charge >= 0.3 is 0 Å². The number of likely N-dealkylation sites (N-methyl/N-ethyl adjacent to an activating group) is 1. The molecule has 0 unspecified atom stereocenters. The second kappa shape index (κ2) is 6.86. The third-order valence-electron chi connectivity index (χ3n) is 6.00. The maximum absolute atomic E-state index is 13.3. The normalized spacial score (nSPS) is 25.1. The maximum atomic E-state index is 13.3. The van der Waals surface area contributed by atoms with E-state index < -0.39 is 11.5 Å². The van der Waals surface area contributed by atoms with Crippen LogP contribution in [-0.4, -0.2) is 36.9 Å². The standard InChI is InChI=1S/C22H27N5O/c1-22(16-6-5-7-17(23)14-16)19(20(28)26(2)21(24)25-22)15-8-10-18(11-9-15)27-12-3-4-13-27/h5-11,14,19H,3-4,12-13,23H2,1-2H3,(H2,24,25)/t19-,22+/m0/s1. The van der Waals surface area contributed by atoms with E-state index in [-0.39, 0.29) is 11.9 Å². The molecule has 2 aliphatic heterocycles. The lowest BCUT2D eigenvalue weighted by Crippen LogP contribution is -2.52. The van der Waals surface area contributed by atoms with Gasteiger partial charge in [0, 0.05) is 31.5 Å². The Morgan fingerprint density at radius 1 is 1.07 bits per heavy atom. The Morgan fingerprint density at radius 2 is 1.75 bits per heavy atom. The van der Waals surface area contributed by atoms with Crippen LogP contribution >= 0.6 is 0 Å². The zero-order valence-electron chi connectivity index (χ0n) is 16.4. The van der Waals surface area contributed by atoms with Gasteiger partial charge in [-0.1, -0.05) is 24.3 Å². The molecule has 0 bridgehead atoms. The molecule has 0 saturated carbocycles. The molecule has 2 aromatic rings. The van der Waals surface area contributed by atoms with Gasteiger partial charge in [-0.3, -0.25) is 9.69 Å². The average molecular weight is 377 g/mol. The van der Waals surface area contributed by atoms with E-state index in [0.717, 1.165) is 24.2 Å². The van der Waals surface area contributed by atoms with Crippen molar-refractivity contribution in [2.24, 2.45) is 10.7 Å². The molecule has 28 heavy (non-hydrogen) atoms. The number of hydrogen-bond acceptors (Lipinski definition) is 5. The molecule has 0 aliphatic carbocycles. The zero-order valence-corrected chi connectivity index (χ0v) is 16.4. The Balaban J connectivity index is 1.78. The highest BCUT2D eigenvalue weighted by Gasteiger charge is 2.47. The number of carbonyl (C=O) groups excluding carboxylic acids is 1. The Labute approximate surface area is 165 Å². The van der Waals surface area contributed by atoms with Crippen LogP contribution in [0.2, 0.25) is 0 Å². The van der Waals surface area contributed by atoms with Crippen molar-refractivity contribution in [1.82, 2.24) is 4.90 Å². The van der Waals surface area contributed by atoms with Gasteiger partial charge < -0.3 is 16.4 Å². The smallest absolute Gasteiger partial charge is 0.239 e. The first kappa shape index (κ1) is 18.3. The zero-order chi connectivity index (χ0) is 19.9. The van der Waals surface area contributed by atoms with Gasteiger partial charge in [-0.05, 0) is 55.2 Å². The largest absolute Gasteiger partial charge is 0.399 e. The molecule has 2 aliphatic rings. The van der Waals surface area contributed by atoms with Gasteiger partial charge in [0.1, 0.15) is 5.54 Å². The van der Waals surface area contributed by atoms with Crippen LogP contribution in [0.4, 0.5) is 11.4 Å². The highest BCUT2D eigenvalue weighted by atomic mass is 16.2. The molecule has 0 aromatic heterocycles. The number of nitrogens with zero attached hydrogens (tertiary/aromatic N) is 3. The molecule has 1 saturated heterocycles. The van der Waals surface area contributed by atoms with Crippen LogP contribution in [0.15, 0.2) is 53.5 Å². The summed E-state index contributed by atoms with van der Waals surface area (Å²) in [7, 11) is 1.67. The first-order valence-corrected chi connectivity index (χ1v) is 9.74. The second-order valence-electron chi connectivity index (χ2n) is 7.86. The van der Waals surface area contributed by atoms with Crippen molar-refractivity contribution in [3.05, 3.63) is 59.7 Å². The number of amides is 1. The number of nitrogens with two attached hydrogens (primary N) is 2. The van der Waals surface area contributed by atoms with E-state index in [1.54, 1.807) is 7.05 Å². The summed E-state index contributed by atoms with van der Waals surface area (Å²) in [4.78, 5) is 21.8. The van der Waals surface area contributed by atoms with Crippen LogP contribution in [0, 0.1) is 0 Å². The van der Waals surface area contributed by atoms with E-state index in [0.29, 0.717) is 5.69 Å². The number of hydrogen-bond donors (Lipinski definition) is 2. The van der Waals surface area contributed by atoms with Gasteiger partial charge in [0.05, 0.1) is 5.92 Å². The number of rotatable bonds is 3. The molecule has 1 fully saturated rings. The predicted molar refractivity (Wildman–Crippen MR) is 113 cm³/mol. The lowest BCUT2D eigenvalue weighted by atomic mass is 9.74. The molecule has 2 aromatic carbocycles. The van der Waals surface area contributed by atoms with Gasteiger partial charge in [0.2, 0.25) is 5.91 Å². The van der Waals surface area contributed by atoms with Crippen LogP contribution in [0.1, 0.15) is 36.8 Å². The number of benzene rings is 2. The molecule has 2 heterocycles. The minimum atomic E-state index is -0.821. The van der Waals surface area contributed by atoms with Crippen LogP contribution in [-0.2, 0) is 10.3 Å². The molecule has 4 N–H and O–H groups in total. The van der Waals surface area contributed by atoms with Gasteiger partial charge in [-0.2, -0.15) is 0 Å². The highest BCUT2D eigenvalue weighted by molar-refractivity contribution is 6.02. The quantitative estimate of drug-likeness (QED) is 0.805. The van der Waals surface area contributed by atoms with Crippen molar-refractivity contribution in [2.45, 2.75) is 31.2 Å². The van der Waals surface area contributed by atoms with Gasteiger partial charge in [-0.15, -0.1) is 0 Å². The van der Waals surface area contributed by atoms with Crippen LogP contribution in [0.25, 0.3) is 0 Å². The van der Waals surface area contributed by atoms with Crippen LogP contribution < -0.4 is 16.4 Å². The summed E-state index contributed by atoms with van der Waals surface area (Å²) in [6.45, 7) is 4.14. The lowest BCUT2D eigenvalue weighted by Gasteiger charge is -2.41. The van der Waals surface area contributed by atoms with Crippen molar-refractivity contribution in [2.75, 3.05) is 30.8 Å². The fraction of sp³-hybridized carbons (Fsp3) is 0.364. The molecule has 1 amide bonds. The van der Waals surface area contributed by atoms with E-state index in [1.165, 1.54) is 23.4 Å². The predicted octanol–water partition coefficient (Wildman–Crippen LogP) is 2.65. The number of guanidine groups is 1.